The Labute approximate surface area is 180 Å². The second kappa shape index (κ2) is 8.51. The van der Waals surface area contributed by atoms with Crippen molar-refractivity contribution in [2.24, 2.45) is 0 Å². The topological polar surface area (TPSA) is 53.4 Å². The van der Waals surface area contributed by atoms with Gasteiger partial charge in [-0.2, -0.15) is 5.10 Å². The summed E-state index contributed by atoms with van der Waals surface area (Å²) in [6.07, 6.45) is 0. The number of ether oxygens (including phenoxy) is 2. The predicted molar refractivity (Wildman–Crippen MR) is 115 cm³/mol. The molecule has 0 fully saturated rings. The van der Waals surface area contributed by atoms with E-state index in [-0.39, 0.29) is 5.54 Å². The number of hydrogen-bond acceptors (Lipinski definition) is 5. The van der Waals surface area contributed by atoms with Crippen molar-refractivity contribution < 1.29 is 14.3 Å². The number of para-hydroxylation sites is 1. The van der Waals surface area contributed by atoms with E-state index < -0.39 is 5.97 Å². The zero-order valence-corrected chi connectivity index (χ0v) is 18.6. The Balaban J connectivity index is 2.03. The van der Waals surface area contributed by atoms with E-state index in [9.17, 15) is 4.79 Å². The van der Waals surface area contributed by atoms with Crippen molar-refractivity contribution in [2.45, 2.75) is 43.0 Å². The number of methoxy groups -OCH3 is 1. The van der Waals surface area contributed by atoms with Crippen LogP contribution < -0.4 is 9.47 Å². The van der Waals surface area contributed by atoms with Crippen molar-refractivity contribution in [1.82, 2.24) is 9.78 Å². The maximum Gasteiger partial charge on any atom is 0.348 e. The fourth-order valence-corrected chi connectivity index (χ4v) is 3.77. The first-order chi connectivity index (χ1) is 13.7. The molecule has 5 nitrogen and oxygen atoms in total. The van der Waals surface area contributed by atoms with Gasteiger partial charge in [0.2, 0.25) is 5.88 Å². The second-order valence-electron chi connectivity index (χ2n) is 7.45. The van der Waals surface area contributed by atoms with Crippen molar-refractivity contribution in [2.75, 3.05) is 7.11 Å². The Bertz CT molecular complexity index is 1020. The van der Waals surface area contributed by atoms with Gasteiger partial charge in [0.05, 0.1) is 23.2 Å². The predicted octanol–water partition coefficient (Wildman–Crippen LogP) is 5.98. The van der Waals surface area contributed by atoms with Crippen LogP contribution in [0.25, 0.3) is 0 Å². The number of benzene rings is 2. The molecule has 0 aliphatic heterocycles. The van der Waals surface area contributed by atoms with E-state index in [1.165, 1.54) is 18.9 Å². The highest BCUT2D eigenvalue weighted by atomic mass is 35.5. The van der Waals surface area contributed by atoms with Crippen LogP contribution in [0.1, 0.15) is 36.8 Å². The third-order valence-electron chi connectivity index (χ3n) is 4.15. The summed E-state index contributed by atoms with van der Waals surface area (Å²) in [5.41, 5.74) is 0.763. The summed E-state index contributed by atoms with van der Waals surface area (Å²) < 4.78 is 12.9. The smallest absolute Gasteiger partial charge is 0.348 e. The molecular weight excluding hydrogens is 408 g/mol. The van der Waals surface area contributed by atoms with Gasteiger partial charge in [-0.1, -0.05) is 35.5 Å². The van der Waals surface area contributed by atoms with E-state index in [0.717, 1.165) is 15.5 Å². The standard InChI is InChI=1S/C22H23ClN2O3S/c1-14-19(29-16-12-10-15(23)11-13-16)20(25(24-14)22(2,3)4)28-21(26)17-8-6-7-9-18(17)27-5/h6-13H,1-5H3. The SMILES string of the molecule is COc1ccccc1C(=O)Oc1c(Sc2ccc(Cl)cc2)c(C)nn1C(C)(C)C. The first kappa shape index (κ1) is 21.3. The van der Waals surface area contributed by atoms with Crippen LogP contribution in [0.4, 0.5) is 0 Å². The first-order valence-corrected chi connectivity index (χ1v) is 10.3. The molecule has 0 aliphatic carbocycles. The zero-order valence-electron chi connectivity index (χ0n) is 17.0. The minimum Gasteiger partial charge on any atom is -0.496 e. The van der Waals surface area contributed by atoms with E-state index in [1.54, 1.807) is 28.9 Å². The number of hydrogen-bond donors (Lipinski definition) is 0. The maximum absolute atomic E-state index is 13.0. The summed E-state index contributed by atoms with van der Waals surface area (Å²) in [5.74, 6) is 0.375. The Morgan fingerprint density at radius 3 is 2.38 bits per heavy atom. The summed E-state index contributed by atoms with van der Waals surface area (Å²) >= 11 is 7.48. The van der Waals surface area contributed by atoms with Gasteiger partial charge in [-0.15, -0.1) is 0 Å². The lowest BCUT2D eigenvalue weighted by molar-refractivity contribution is 0.0700. The quantitative estimate of drug-likeness (QED) is 0.466. The number of esters is 1. The Morgan fingerprint density at radius 1 is 1.10 bits per heavy atom. The van der Waals surface area contributed by atoms with Crippen LogP contribution in [-0.4, -0.2) is 22.9 Å². The molecule has 0 radical (unpaired) electrons. The van der Waals surface area contributed by atoms with Gasteiger partial charge in [0, 0.05) is 9.92 Å². The highest BCUT2D eigenvalue weighted by Gasteiger charge is 2.28. The zero-order chi connectivity index (χ0) is 21.2. The molecular formula is C22H23ClN2O3S. The van der Waals surface area contributed by atoms with E-state index in [4.69, 9.17) is 21.1 Å². The van der Waals surface area contributed by atoms with Gasteiger partial charge in [-0.25, -0.2) is 9.48 Å². The number of carbonyl (C=O) groups excluding carboxylic acids is 1. The summed E-state index contributed by atoms with van der Waals surface area (Å²) in [4.78, 5) is 14.7. The average Bonchev–Trinajstić information content (AvgIpc) is 2.99. The molecule has 1 heterocycles. The van der Waals surface area contributed by atoms with E-state index in [0.29, 0.717) is 22.2 Å². The molecule has 152 valence electrons. The lowest BCUT2D eigenvalue weighted by Crippen LogP contribution is -2.25. The van der Waals surface area contributed by atoms with Crippen molar-refractivity contribution in [3.63, 3.8) is 0 Å². The lowest BCUT2D eigenvalue weighted by Gasteiger charge is -2.22. The van der Waals surface area contributed by atoms with Gasteiger partial charge in [0.1, 0.15) is 11.3 Å². The lowest BCUT2D eigenvalue weighted by atomic mass is 10.1. The molecule has 3 aromatic rings. The number of rotatable bonds is 5. The van der Waals surface area contributed by atoms with Crippen LogP contribution >= 0.6 is 23.4 Å². The van der Waals surface area contributed by atoms with Crippen molar-refractivity contribution >= 4 is 29.3 Å². The first-order valence-electron chi connectivity index (χ1n) is 9.09. The molecule has 0 atom stereocenters. The average molecular weight is 431 g/mol. The summed E-state index contributed by atoms with van der Waals surface area (Å²) in [7, 11) is 1.53. The minimum atomic E-state index is -0.495. The van der Waals surface area contributed by atoms with E-state index in [1.807, 2.05) is 52.0 Å². The molecule has 0 unspecified atom stereocenters. The molecule has 2 aromatic carbocycles. The molecule has 0 aliphatic rings. The molecule has 7 heteroatoms. The fourth-order valence-electron chi connectivity index (χ4n) is 2.73. The van der Waals surface area contributed by atoms with Crippen molar-refractivity contribution in [3.8, 4) is 11.6 Å². The van der Waals surface area contributed by atoms with Crippen LogP contribution in [0.2, 0.25) is 5.02 Å². The minimum absolute atomic E-state index is 0.358. The van der Waals surface area contributed by atoms with Gasteiger partial charge < -0.3 is 9.47 Å². The van der Waals surface area contributed by atoms with Crippen LogP contribution in [0.5, 0.6) is 11.6 Å². The monoisotopic (exact) mass is 430 g/mol. The number of nitrogens with zero attached hydrogens (tertiary/aromatic N) is 2. The molecule has 0 spiro atoms. The van der Waals surface area contributed by atoms with Crippen LogP contribution in [0, 0.1) is 6.92 Å². The van der Waals surface area contributed by atoms with Crippen LogP contribution in [0.3, 0.4) is 0 Å². The van der Waals surface area contributed by atoms with Crippen LogP contribution in [-0.2, 0) is 5.54 Å². The van der Waals surface area contributed by atoms with Gasteiger partial charge >= 0.3 is 5.97 Å². The largest absolute Gasteiger partial charge is 0.496 e. The van der Waals surface area contributed by atoms with E-state index >= 15 is 0 Å². The fraction of sp³-hybridized carbons (Fsp3) is 0.273. The second-order valence-corrected chi connectivity index (χ2v) is 8.97. The molecule has 0 saturated heterocycles. The molecule has 0 N–H and O–H groups in total. The molecule has 0 amide bonds. The van der Waals surface area contributed by atoms with Crippen molar-refractivity contribution in [1.29, 1.82) is 0 Å². The number of carbonyl (C=O) groups is 1. The van der Waals surface area contributed by atoms with E-state index in [2.05, 4.69) is 5.10 Å². The number of aryl methyl sites for hydroxylation is 1. The Morgan fingerprint density at radius 2 is 1.76 bits per heavy atom. The summed E-state index contributed by atoms with van der Waals surface area (Å²) in [6.45, 7) is 7.94. The molecule has 3 rings (SSSR count). The third-order valence-corrected chi connectivity index (χ3v) is 5.58. The molecule has 0 bridgehead atoms. The van der Waals surface area contributed by atoms with Gasteiger partial charge in [-0.3, -0.25) is 0 Å². The van der Waals surface area contributed by atoms with Gasteiger partial charge in [0.15, 0.2) is 0 Å². The Kier molecular flexibility index (Phi) is 6.24. The Hall–Kier alpha value is -2.44. The molecule has 29 heavy (non-hydrogen) atoms. The number of halogens is 1. The van der Waals surface area contributed by atoms with Gasteiger partial charge in [0.25, 0.3) is 0 Å². The highest BCUT2D eigenvalue weighted by molar-refractivity contribution is 7.99. The normalized spacial score (nSPS) is 11.4. The molecule has 1 aromatic heterocycles. The maximum atomic E-state index is 13.0. The highest BCUT2D eigenvalue weighted by Crippen LogP contribution is 2.40. The van der Waals surface area contributed by atoms with Crippen molar-refractivity contribution in [3.05, 3.63) is 64.8 Å². The number of aromatic nitrogens is 2. The summed E-state index contributed by atoms with van der Waals surface area (Å²) in [6, 6.07) is 14.5. The third kappa shape index (κ3) is 4.77. The summed E-state index contributed by atoms with van der Waals surface area (Å²) in [5, 5.41) is 5.31. The van der Waals surface area contributed by atoms with Crippen LogP contribution in [0.15, 0.2) is 58.3 Å². The van der Waals surface area contributed by atoms with Gasteiger partial charge in [-0.05, 0) is 64.1 Å². The molecule has 0 saturated carbocycles.